The average Bonchev–Trinajstić information content (AvgIpc) is 1.53. The van der Waals surface area contributed by atoms with Gasteiger partial charge in [0, 0.05) is 77.1 Å². The van der Waals surface area contributed by atoms with Crippen LogP contribution in [0.3, 0.4) is 0 Å². The highest BCUT2D eigenvalue weighted by atomic mass is 16.3. The number of fused-ring (bicyclic) bond motifs is 14. The van der Waals surface area contributed by atoms with E-state index in [1.54, 1.807) is 0 Å². The lowest BCUT2D eigenvalue weighted by Crippen LogP contribution is -2.16. The molecule has 0 atom stereocenters. The van der Waals surface area contributed by atoms with Gasteiger partial charge in [0.25, 0.3) is 0 Å². The van der Waals surface area contributed by atoms with E-state index < -0.39 is 0 Å². The number of hydrogen-bond donors (Lipinski definition) is 0. The molecule has 2 aromatic heterocycles. The summed E-state index contributed by atoms with van der Waals surface area (Å²) in [5, 5.41) is 9.13. The number of para-hydroxylation sites is 7. The SMILES string of the molecule is CC1(C)c2ccccc2-c2c(-c3ccccc3N(c3ccc(-c4ccc5ccccc5c4)cc3)c3ccccc3-c3cccc4c3oc3cc(-c5ccc(-c6ccccc6N(c6ccc7ccccc7c6)c6ccccc6-c6cccc7c6oc6ccccc67)c6c5C(C)(C)c5ccccc5-6)ccc34)cccc21. The highest BCUT2D eigenvalue weighted by molar-refractivity contribution is 6.14. The molecule has 0 aliphatic heterocycles. The van der Waals surface area contributed by atoms with Crippen LogP contribution in [0.25, 0.3) is 154 Å². The zero-order chi connectivity index (χ0) is 71.9. The van der Waals surface area contributed by atoms with E-state index >= 15 is 0 Å². The Balaban J connectivity index is 0.717. The van der Waals surface area contributed by atoms with E-state index in [1.807, 2.05) is 6.07 Å². The molecule has 108 heavy (non-hydrogen) atoms. The Morgan fingerprint density at radius 3 is 1.25 bits per heavy atom. The van der Waals surface area contributed by atoms with E-state index in [0.29, 0.717) is 0 Å². The quantitative estimate of drug-likeness (QED) is 0.122. The van der Waals surface area contributed by atoms with Gasteiger partial charge in [-0.3, -0.25) is 0 Å². The molecule has 2 aliphatic rings. The van der Waals surface area contributed by atoms with Gasteiger partial charge >= 0.3 is 0 Å². The van der Waals surface area contributed by atoms with Gasteiger partial charge in [0.2, 0.25) is 0 Å². The van der Waals surface area contributed by atoms with Crippen LogP contribution in [0.2, 0.25) is 0 Å². The van der Waals surface area contributed by atoms with Crippen LogP contribution in [0.4, 0.5) is 34.1 Å². The van der Waals surface area contributed by atoms with Gasteiger partial charge in [0.05, 0.1) is 22.7 Å². The maximum absolute atomic E-state index is 7.47. The zero-order valence-electron chi connectivity index (χ0n) is 60.4. The third-order valence-corrected chi connectivity index (χ3v) is 23.5. The predicted molar refractivity (Wildman–Crippen MR) is 453 cm³/mol. The fraction of sp³-hybridized carbons (Fsp3) is 0.0577. The summed E-state index contributed by atoms with van der Waals surface area (Å²) in [6.45, 7) is 9.55. The van der Waals surface area contributed by atoms with Crippen LogP contribution in [-0.2, 0) is 10.8 Å². The van der Waals surface area contributed by atoms with Crippen LogP contribution >= 0.6 is 0 Å². The van der Waals surface area contributed by atoms with Crippen molar-refractivity contribution in [1.82, 2.24) is 0 Å². The van der Waals surface area contributed by atoms with Crippen molar-refractivity contribution in [3.05, 3.63) is 386 Å². The van der Waals surface area contributed by atoms with Crippen molar-refractivity contribution in [2.75, 3.05) is 9.80 Å². The maximum Gasteiger partial charge on any atom is 0.143 e. The van der Waals surface area contributed by atoms with Crippen molar-refractivity contribution < 1.29 is 8.83 Å². The van der Waals surface area contributed by atoms with Crippen molar-refractivity contribution in [2.24, 2.45) is 0 Å². The van der Waals surface area contributed by atoms with Crippen LogP contribution in [0.5, 0.6) is 0 Å². The van der Waals surface area contributed by atoms with E-state index in [-0.39, 0.29) is 10.8 Å². The molecule has 0 fully saturated rings. The number of hydrogen-bond acceptors (Lipinski definition) is 4. The lowest BCUT2D eigenvalue weighted by atomic mass is 9.77. The Morgan fingerprint density at radius 1 is 0.222 bits per heavy atom. The molecule has 0 N–H and O–H groups in total. The predicted octanol–water partition coefficient (Wildman–Crippen LogP) is 29.3. The first-order chi connectivity index (χ1) is 53.1. The number of furan rings is 2. The fourth-order valence-electron chi connectivity index (χ4n) is 18.4. The van der Waals surface area contributed by atoms with Crippen LogP contribution in [0.15, 0.2) is 373 Å². The summed E-state index contributed by atoms with van der Waals surface area (Å²) in [4.78, 5) is 4.95. The third kappa shape index (κ3) is 9.76. The summed E-state index contributed by atoms with van der Waals surface area (Å²) in [7, 11) is 0. The van der Waals surface area contributed by atoms with Crippen LogP contribution in [0, 0.1) is 0 Å². The first-order valence-electron chi connectivity index (χ1n) is 37.5. The molecule has 21 rings (SSSR count). The molecule has 17 aromatic carbocycles. The van der Waals surface area contributed by atoms with Gasteiger partial charge < -0.3 is 18.6 Å². The molecule has 0 radical (unpaired) electrons. The first-order valence-corrected chi connectivity index (χ1v) is 37.5. The normalized spacial score (nSPS) is 13.1. The smallest absolute Gasteiger partial charge is 0.143 e. The largest absolute Gasteiger partial charge is 0.455 e. The van der Waals surface area contributed by atoms with Gasteiger partial charge in [-0.1, -0.05) is 319 Å². The molecule has 2 aliphatic carbocycles. The first kappa shape index (κ1) is 63.0. The van der Waals surface area contributed by atoms with Crippen molar-refractivity contribution in [1.29, 1.82) is 0 Å². The van der Waals surface area contributed by atoms with Gasteiger partial charge in [-0.25, -0.2) is 0 Å². The third-order valence-electron chi connectivity index (χ3n) is 23.5. The second-order valence-electron chi connectivity index (χ2n) is 30.1. The molecular formula is C104H72N2O2. The Kier molecular flexibility index (Phi) is 14.3. The van der Waals surface area contributed by atoms with Crippen molar-refractivity contribution in [2.45, 2.75) is 38.5 Å². The molecule has 0 bridgehead atoms. The molecule has 0 saturated heterocycles. The molecule has 0 saturated carbocycles. The van der Waals surface area contributed by atoms with Gasteiger partial charge in [0.15, 0.2) is 0 Å². The summed E-state index contributed by atoms with van der Waals surface area (Å²) in [6.07, 6.45) is 0. The van der Waals surface area contributed by atoms with E-state index in [9.17, 15) is 0 Å². The Bertz CT molecular complexity index is 6900. The Morgan fingerprint density at radius 2 is 0.620 bits per heavy atom. The lowest BCUT2D eigenvalue weighted by Gasteiger charge is -2.31. The van der Waals surface area contributed by atoms with Crippen LogP contribution < -0.4 is 9.80 Å². The number of nitrogens with zero attached hydrogens (tertiary/aromatic N) is 2. The molecule has 510 valence electrons. The Labute approximate surface area is 627 Å². The summed E-state index contributed by atoms with van der Waals surface area (Å²) >= 11 is 0. The number of anilines is 6. The molecular weight excluding hydrogens is 1310 g/mol. The second kappa shape index (κ2) is 24.5. The van der Waals surface area contributed by atoms with Gasteiger partial charge in [0.1, 0.15) is 22.3 Å². The fourth-order valence-corrected chi connectivity index (χ4v) is 18.4. The molecule has 19 aromatic rings. The second-order valence-corrected chi connectivity index (χ2v) is 30.1. The zero-order valence-corrected chi connectivity index (χ0v) is 60.4. The summed E-state index contributed by atoms with van der Waals surface area (Å²) in [5.41, 5.74) is 32.9. The van der Waals surface area contributed by atoms with Crippen molar-refractivity contribution in [3.63, 3.8) is 0 Å². The standard InChI is InChI=1S/C104H72N2O2/c1-103(2)89-42-16-9-35-87(89)98-81(37-25-44-91(98)103)75-30-11-18-45-92(75)105(72-56-52-67(53-57-72)70-51-50-65-26-5-7-28-68(65)62-70)94-47-20-13-32-77(94)84-39-24-41-86-80-59-55-71(64-97(80)108-102(84)86)74-60-61-82(99-88-36-10-17-43-90(88)104(3,4)100(74)99)76-31-12-19-46-93(76)106(73-58-54-66-27-6-8-29-69(66)63-73)95-48-21-14-33-78(95)83-38-23-40-85-79-34-15-22-49-96(79)107-101(83)85/h5-64H,1-4H3. The molecule has 0 unspecified atom stereocenters. The van der Waals surface area contributed by atoms with E-state index in [2.05, 4.69) is 395 Å². The van der Waals surface area contributed by atoms with E-state index in [0.717, 1.165) is 128 Å². The summed E-state index contributed by atoms with van der Waals surface area (Å²) < 4.78 is 14.3. The Hall–Kier alpha value is -13.5. The number of benzene rings is 17. The molecule has 0 spiro atoms. The minimum absolute atomic E-state index is 0.165. The van der Waals surface area contributed by atoms with E-state index in [1.165, 1.54) is 82.7 Å². The lowest BCUT2D eigenvalue weighted by molar-refractivity contribution is 0.660. The molecule has 0 amide bonds. The topological polar surface area (TPSA) is 32.8 Å². The van der Waals surface area contributed by atoms with Crippen LogP contribution in [0.1, 0.15) is 49.9 Å². The number of rotatable bonds is 12. The molecule has 4 heteroatoms. The van der Waals surface area contributed by atoms with Crippen molar-refractivity contribution in [3.8, 4) is 89.0 Å². The van der Waals surface area contributed by atoms with Crippen molar-refractivity contribution >= 4 is 99.5 Å². The monoisotopic (exact) mass is 1380 g/mol. The van der Waals surface area contributed by atoms with Crippen LogP contribution in [-0.4, -0.2) is 0 Å². The maximum atomic E-state index is 7.47. The van der Waals surface area contributed by atoms with Gasteiger partial charge in [-0.15, -0.1) is 0 Å². The van der Waals surface area contributed by atoms with Gasteiger partial charge in [-0.05, 0) is 172 Å². The van der Waals surface area contributed by atoms with E-state index in [4.69, 9.17) is 8.83 Å². The minimum Gasteiger partial charge on any atom is -0.455 e. The molecule has 2 heterocycles. The summed E-state index contributed by atoms with van der Waals surface area (Å²) in [6, 6.07) is 134. The highest BCUT2D eigenvalue weighted by Crippen LogP contribution is 2.59. The average molecular weight is 1380 g/mol. The highest BCUT2D eigenvalue weighted by Gasteiger charge is 2.41. The minimum atomic E-state index is -0.384. The summed E-state index contributed by atoms with van der Waals surface area (Å²) in [5.74, 6) is 0. The van der Waals surface area contributed by atoms with Gasteiger partial charge in [-0.2, -0.15) is 0 Å². The molecule has 4 nitrogen and oxygen atoms in total.